The van der Waals surface area contributed by atoms with Crippen molar-refractivity contribution in [1.29, 1.82) is 0 Å². The topological polar surface area (TPSA) is 64.4 Å². The Morgan fingerprint density at radius 3 is 2.23 bits per heavy atom. The van der Waals surface area contributed by atoms with E-state index in [4.69, 9.17) is 9.72 Å². The van der Waals surface area contributed by atoms with Gasteiger partial charge in [0.15, 0.2) is 0 Å². The summed E-state index contributed by atoms with van der Waals surface area (Å²) < 4.78 is 6.97. The summed E-state index contributed by atoms with van der Waals surface area (Å²) in [5.41, 5.74) is 2.28. The predicted molar refractivity (Wildman–Crippen MR) is 157 cm³/mol. The number of hydrogen-bond donors (Lipinski definition) is 0. The van der Waals surface area contributed by atoms with Crippen LogP contribution < -0.4 is 10.3 Å². The molecule has 4 aromatic rings. The summed E-state index contributed by atoms with van der Waals surface area (Å²) in [6.07, 6.45) is 1.37. The third-order valence-electron chi connectivity index (χ3n) is 6.97. The molecule has 0 aliphatic rings. The number of fused-ring (bicyclic) bond motifs is 1. The normalized spacial score (nSPS) is 13.2. The van der Waals surface area contributed by atoms with Crippen molar-refractivity contribution in [1.82, 2.24) is 14.5 Å². The Morgan fingerprint density at radius 2 is 1.59 bits per heavy atom. The van der Waals surface area contributed by atoms with E-state index in [1.165, 1.54) is 0 Å². The molecule has 0 N–H and O–H groups in total. The fraction of sp³-hybridized carbons (Fsp3) is 0.364. The molecule has 3 aromatic carbocycles. The van der Waals surface area contributed by atoms with Crippen molar-refractivity contribution >= 4 is 16.8 Å². The Hall–Kier alpha value is -3.93. The maximum atomic E-state index is 13.9. The monoisotopic (exact) mass is 525 g/mol. The molecule has 0 saturated heterocycles. The van der Waals surface area contributed by atoms with E-state index in [1.54, 1.807) is 17.7 Å². The fourth-order valence-electron chi connectivity index (χ4n) is 5.30. The van der Waals surface area contributed by atoms with Crippen LogP contribution in [0.15, 0.2) is 83.7 Å². The summed E-state index contributed by atoms with van der Waals surface area (Å²) in [6.45, 7) is 11.1. The van der Waals surface area contributed by atoms with Gasteiger partial charge in [-0.3, -0.25) is 14.2 Å². The lowest BCUT2D eigenvalue weighted by Gasteiger charge is -2.32. The van der Waals surface area contributed by atoms with Gasteiger partial charge in [-0.25, -0.2) is 4.98 Å². The zero-order chi connectivity index (χ0) is 28.2. The van der Waals surface area contributed by atoms with E-state index in [0.717, 1.165) is 12.0 Å². The first-order chi connectivity index (χ1) is 18.6. The quantitative estimate of drug-likeness (QED) is 0.237. The Morgan fingerprint density at radius 1 is 0.949 bits per heavy atom. The third kappa shape index (κ3) is 6.75. The summed E-state index contributed by atoms with van der Waals surface area (Å²) in [5, 5.41) is 0.531. The molecular weight excluding hydrogens is 486 g/mol. The second-order valence-electron chi connectivity index (χ2n) is 11.6. The average Bonchev–Trinajstić information content (AvgIpc) is 2.91. The highest BCUT2D eigenvalue weighted by molar-refractivity contribution is 5.79. The molecule has 2 unspecified atom stereocenters. The molecule has 0 bridgehead atoms. The number of nitrogens with zero attached hydrogens (tertiary/aromatic N) is 3. The van der Waals surface area contributed by atoms with Gasteiger partial charge in [0.1, 0.15) is 11.6 Å². The van der Waals surface area contributed by atoms with E-state index in [1.807, 2.05) is 84.6 Å². The molecule has 0 fully saturated rings. The number of rotatable bonds is 9. The summed E-state index contributed by atoms with van der Waals surface area (Å²) in [6, 6.07) is 24.2. The standard InChI is InChI=1S/C33H39N3O3/c1-23(21-33(3,4)5)20-30(37)35(22-25-12-8-7-9-13-25)24(2)31-34-29-15-11-10-14-28(29)32(38)36(31)26-16-18-27(39-6)19-17-26/h7-19,23-24H,20-22H2,1-6H3. The number of carbonyl (C=O) groups excluding carboxylic acids is 1. The van der Waals surface area contributed by atoms with Gasteiger partial charge < -0.3 is 9.64 Å². The van der Waals surface area contributed by atoms with Crippen LogP contribution in [0.3, 0.4) is 0 Å². The number of amides is 1. The Bertz CT molecular complexity index is 1470. The first kappa shape index (κ1) is 28.1. The second-order valence-corrected chi connectivity index (χ2v) is 11.6. The Balaban J connectivity index is 1.83. The van der Waals surface area contributed by atoms with Gasteiger partial charge in [0.2, 0.25) is 5.91 Å². The van der Waals surface area contributed by atoms with Crippen molar-refractivity contribution in [3.05, 3.63) is 101 Å². The van der Waals surface area contributed by atoms with Crippen LogP contribution in [0.2, 0.25) is 0 Å². The van der Waals surface area contributed by atoms with E-state index < -0.39 is 6.04 Å². The van der Waals surface area contributed by atoms with Gasteiger partial charge in [0, 0.05) is 13.0 Å². The molecule has 0 radical (unpaired) electrons. The second kappa shape index (κ2) is 11.9. The minimum absolute atomic E-state index is 0.0480. The highest BCUT2D eigenvalue weighted by Crippen LogP contribution is 2.30. The van der Waals surface area contributed by atoms with Crippen LogP contribution in [-0.2, 0) is 11.3 Å². The summed E-state index contributed by atoms with van der Waals surface area (Å²) in [5.74, 6) is 1.49. The Labute approximate surface area is 231 Å². The van der Waals surface area contributed by atoms with Gasteiger partial charge in [-0.15, -0.1) is 0 Å². The summed E-state index contributed by atoms with van der Waals surface area (Å²) in [4.78, 5) is 34.7. The highest BCUT2D eigenvalue weighted by atomic mass is 16.5. The van der Waals surface area contributed by atoms with Crippen molar-refractivity contribution in [2.24, 2.45) is 11.3 Å². The van der Waals surface area contributed by atoms with Crippen LogP contribution in [0.1, 0.15) is 64.9 Å². The van der Waals surface area contributed by atoms with Gasteiger partial charge in [0.05, 0.1) is 29.7 Å². The predicted octanol–water partition coefficient (Wildman–Crippen LogP) is 6.95. The number of methoxy groups -OCH3 is 1. The lowest BCUT2D eigenvalue weighted by atomic mass is 9.84. The van der Waals surface area contributed by atoms with Crippen LogP contribution in [0.25, 0.3) is 16.6 Å². The van der Waals surface area contributed by atoms with E-state index in [-0.39, 0.29) is 22.8 Å². The van der Waals surface area contributed by atoms with E-state index in [2.05, 4.69) is 27.7 Å². The van der Waals surface area contributed by atoms with Crippen molar-refractivity contribution in [2.75, 3.05) is 7.11 Å². The lowest BCUT2D eigenvalue weighted by Crippen LogP contribution is -2.38. The van der Waals surface area contributed by atoms with Crippen molar-refractivity contribution in [2.45, 2.75) is 60.0 Å². The molecule has 6 nitrogen and oxygen atoms in total. The van der Waals surface area contributed by atoms with Crippen molar-refractivity contribution in [3.8, 4) is 11.4 Å². The third-order valence-corrected chi connectivity index (χ3v) is 6.97. The lowest BCUT2D eigenvalue weighted by molar-refractivity contribution is -0.135. The van der Waals surface area contributed by atoms with Gasteiger partial charge in [-0.2, -0.15) is 0 Å². The molecule has 0 aliphatic carbocycles. The maximum Gasteiger partial charge on any atom is 0.266 e. The van der Waals surface area contributed by atoms with E-state index in [0.29, 0.717) is 41.1 Å². The van der Waals surface area contributed by atoms with Crippen molar-refractivity contribution < 1.29 is 9.53 Å². The molecular formula is C33H39N3O3. The molecule has 204 valence electrons. The van der Waals surface area contributed by atoms with Crippen LogP contribution in [0, 0.1) is 11.3 Å². The molecule has 1 aromatic heterocycles. The van der Waals surface area contributed by atoms with E-state index >= 15 is 0 Å². The van der Waals surface area contributed by atoms with Gasteiger partial charge in [0.25, 0.3) is 5.56 Å². The van der Waals surface area contributed by atoms with Gasteiger partial charge in [-0.1, -0.05) is 70.2 Å². The number of benzene rings is 3. The minimum Gasteiger partial charge on any atom is -0.497 e. The summed E-state index contributed by atoms with van der Waals surface area (Å²) >= 11 is 0. The first-order valence-electron chi connectivity index (χ1n) is 13.6. The van der Waals surface area contributed by atoms with Gasteiger partial charge in [-0.05, 0) is 66.6 Å². The highest BCUT2D eigenvalue weighted by Gasteiger charge is 2.29. The van der Waals surface area contributed by atoms with Crippen LogP contribution >= 0.6 is 0 Å². The number of aromatic nitrogens is 2. The number of ether oxygens (including phenoxy) is 1. The average molecular weight is 526 g/mol. The molecule has 1 heterocycles. The molecule has 0 spiro atoms. The largest absolute Gasteiger partial charge is 0.497 e. The fourth-order valence-corrected chi connectivity index (χ4v) is 5.30. The molecule has 0 saturated carbocycles. The molecule has 39 heavy (non-hydrogen) atoms. The van der Waals surface area contributed by atoms with Gasteiger partial charge >= 0.3 is 0 Å². The molecule has 2 atom stereocenters. The molecule has 6 heteroatoms. The van der Waals surface area contributed by atoms with Crippen LogP contribution in [0.5, 0.6) is 5.75 Å². The zero-order valence-electron chi connectivity index (χ0n) is 23.8. The minimum atomic E-state index is -0.459. The molecule has 1 amide bonds. The smallest absolute Gasteiger partial charge is 0.266 e. The van der Waals surface area contributed by atoms with Crippen LogP contribution in [-0.4, -0.2) is 27.5 Å². The number of carbonyl (C=O) groups is 1. The molecule has 4 rings (SSSR count). The first-order valence-corrected chi connectivity index (χ1v) is 13.6. The Kier molecular flexibility index (Phi) is 8.54. The maximum absolute atomic E-state index is 13.9. The zero-order valence-corrected chi connectivity index (χ0v) is 23.8. The number of para-hydroxylation sites is 1. The van der Waals surface area contributed by atoms with Crippen molar-refractivity contribution in [3.63, 3.8) is 0 Å². The number of hydrogen-bond acceptors (Lipinski definition) is 4. The van der Waals surface area contributed by atoms with Crippen LogP contribution in [0.4, 0.5) is 0 Å². The summed E-state index contributed by atoms with van der Waals surface area (Å²) in [7, 11) is 1.61. The molecule has 0 aliphatic heterocycles. The SMILES string of the molecule is COc1ccc(-n2c(C(C)N(Cc3ccccc3)C(=O)CC(C)CC(C)(C)C)nc3ccccc3c2=O)cc1. The van der Waals surface area contributed by atoms with E-state index in [9.17, 15) is 9.59 Å².